The number of aryl methyl sites for hydroxylation is 1. The van der Waals surface area contributed by atoms with E-state index in [2.05, 4.69) is 15.6 Å². The van der Waals surface area contributed by atoms with E-state index in [0.717, 1.165) is 10.2 Å². The number of nitrogens with one attached hydrogen (secondary N) is 1. The molecule has 1 atom stereocenters. The zero-order chi connectivity index (χ0) is 21.5. The fourth-order valence-corrected chi connectivity index (χ4v) is 2.85. The summed E-state index contributed by atoms with van der Waals surface area (Å²) in [7, 11) is 1.55. The van der Waals surface area contributed by atoms with Gasteiger partial charge in [-0.05, 0) is 25.1 Å². The number of carbonyl (C=O) groups excluding carboxylic acids is 2. The Balaban J connectivity index is 1.51. The Hall–Kier alpha value is -3.75. The molecule has 0 fully saturated rings. The fourth-order valence-electron chi connectivity index (χ4n) is 2.85. The molecular formula is C21H22N4O5. The van der Waals surface area contributed by atoms with Crippen LogP contribution >= 0.6 is 0 Å². The molecule has 0 aliphatic carbocycles. The van der Waals surface area contributed by atoms with Crippen molar-refractivity contribution in [3.8, 4) is 5.75 Å². The number of aromatic nitrogens is 3. The summed E-state index contributed by atoms with van der Waals surface area (Å²) in [6.07, 6.45) is -1.09. The molecule has 1 heterocycles. The average molecular weight is 410 g/mol. The fraction of sp³-hybridized carbons (Fsp3) is 0.286. The number of amides is 1. The van der Waals surface area contributed by atoms with Gasteiger partial charge in [0.25, 0.3) is 11.5 Å². The summed E-state index contributed by atoms with van der Waals surface area (Å²) in [5, 5.41) is 10.9. The maximum absolute atomic E-state index is 12.4. The second kappa shape index (κ2) is 9.64. The molecule has 1 N–H and O–H groups in total. The summed E-state index contributed by atoms with van der Waals surface area (Å²) in [4.78, 5) is 36.7. The number of ether oxygens (including phenoxy) is 2. The van der Waals surface area contributed by atoms with Gasteiger partial charge >= 0.3 is 5.97 Å². The van der Waals surface area contributed by atoms with Gasteiger partial charge < -0.3 is 14.8 Å². The lowest BCUT2D eigenvalue weighted by Crippen LogP contribution is -2.36. The molecule has 9 heteroatoms. The van der Waals surface area contributed by atoms with Gasteiger partial charge in [-0.25, -0.2) is 4.68 Å². The minimum Gasteiger partial charge on any atom is -0.496 e. The molecule has 1 amide bonds. The predicted molar refractivity (Wildman–Crippen MR) is 109 cm³/mol. The van der Waals surface area contributed by atoms with Crippen LogP contribution in [0.25, 0.3) is 10.9 Å². The normalized spacial score (nSPS) is 11.7. The Labute approximate surface area is 172 Å². The molecule has 0 aliphatic heterocycles. The molecule has 30 heavy (non-hydrogen) atoms. The zero-order valence-electron chi connectivity index (χ0n) is 16.7. The van der Waals surface area contributed by atoms with Crippen molar-refractivity contribution < 1.29 is 19.1 Å². The number of nitrogens with zero attached hydrogens (tertiary/aromatic N) is 3. The van der Waals surface area contributed by atoms with Crippen molar-refractivity contribution >= 4 is 22.8 Å². The van der Waals surface area contributed by atoms with E-state index in [1.165, 1.54) is 6.92 Å². The Morgan fingerprint density at radius 2 is 1.87 bits per heavy atom. The topological polar surface area (TPSA) is 112 Å². The Morgan fingerprint density at radius 3 is 2.67 bits per heavy atom. The van der Waals surface area contributed by atoms with Gasteiger partial charge in [0.15, 0.2) is 6.10 Å². The number of hydrogen-bond donors (Lipinski definition) is 1. The molecular weight excluding hydrogens is 388 g/mol. The van der Waals surface area contributed by atoms with Crippen LogP contribution in [0.2, 0.25) is 0 Å². The number of methoxy groups -OCH3 is 1. The highest BCUT2D eigenvalue weighted by Gasteiger charge is 2.18. The van der Waals surface area contributed by atoms with Crippen molar-refractivity contribution in [2.75, 3.05) is 7.11 Å². The smallest absolute Gasteiger partial charge is 0.308 e. The van der Waals surface area contributed by atoms with E-state index in [1.807, 2.05) is 18.2 Å². The van der Waals surface area contributed by atoms with Crippen LogP contribution in [0.4, 0.5) is 0 Å². The third-order valence-electron chi connectivity index (χ3n) is 4.48. The summed E-state index contributed by atoms with van der Waals surface area (Å²) >= 11 is 0. The summed E-state index contributed by atoms with van der Waals surface area (Å²) < 4.78 is 11.5. The van der Waals surface area contributed by atoms with Crippen LogP contribution in [-0.2, 0) is 27.4 Å². The van der Waals surface area contributed by atoms with Gasteiger partial charge in [-0.3, -0.25) is 14.4 Å². The standard InChI is InChI=1S/C21H22N4O5/c1-14(20(27)22-13-15-7-3-6-10-18(15)29-2)30-19(26)11-12-25-21(28)16-8-4-5-9-17(16)23-24-25/h3-10,14H,11-13H2,1-2H3,(H,22,27)/t14-/m1/s1. The highest BCUT2D eigenvalue weighted by molar-refractivity contribution is 5.83. The highest BCUT2D eigenvalue weighted by Crippen LogP contribution is 2.16. The third-order valence-corrected chi connectivity index (χ3v) is 4.48. The second-order valence-corrected chi connectivity index (χ2v) is 6.55. The highest BCUT2D eigenvalue weighted by atomic mass is 16.5. The van der Waals surface area contributed by atoms with Crippen LogP contribution in [-0.4, -0.2) is 40.1 Å². The molecule has 9 nitrogen and oxygen atoms in total. The minimum absolute atomic E-state index is 0.00501. The molecule has 1 aromatic heterocycles. The number of benzene rings is 2. The maximum Gasteiger partial charge on any atom is 0.308 e. The quantitative estimate of drug-likeness (QED) is 0.559. The van der Waals surface area contributed by atoms with Crippen molar-refractivity contribution in [1.29, 1.82) is 0 Å². The number of carbonyl (C=O) groups is 2. The van der Waals surface area contributed by atoms with Gasteiger partial charge in [-0.1, -0.05) is 35.5 Å². The van der Waals surface area contributed by atoms with E-state index in [1.54, 1.807) is 37.4 Å². The predicted octanol–water partition coefficient (Wildman–Crippen LogP) is 1.44. The van der Waals surface area contributed by atoms with Gasteiger partial charge in [0.1, 0.15) is 11.3 Å². The lowest BCUT2D eigenvalue weighted by Gasteiger charge is -2.14. The molecule has 0 bridgehead atoms. The summed E-state index contributed by atoms with van der Waals surface area (Å²) in [5.41, 5.74) is 0.957. The number of para-hydroxylation sites is 1. The van der Waals surface area contributed by atoms with Crippen molar-refractivity contribution in [1.82, 2.24) is 20.3 Å². The Bertz CT molecular complexity index is 1110. The summed E-state index contributed by atoms with van der Waals surface area (Å²) in [5.74, 6) is -0.391. The van der Waals surface area contributed by atoms with Crippen molar-refractivity contribution in [2.45, 2.75) is 32.5 Å². The molecule has 2 aromatic carbocycles. The van der Waals surface area contributed by atoms with E-state index < -0.39 is 18.0 Å². The van der Waals surface area contributed by atoms with Gasteiger partial charge in [-0.15, -0.1) is 5.10 Å². The van der Waals surface area contributed by atoms with Crippen LogP contribution < -0.4 is 15.6 Å². The van der Waals surface area contributed by atoms with Crippen LogP contribution in [0.1, 0.15) is 18.9 Å². The summed E-state index contributed by atoms with van der Waals surface area (Å²) in [6.45, 7) is 1.73. The lowest BCUT2D eigenvalue weighted by atomic mass is 10.2. The Morgan fingerprint density at radius 1 is 1.13 bits per heavy atom. The first kappa shape index (κ1) is 21.0. The van der Waals surface area contributed by atoms with E-state index in [9.17, 15) is 14.4 Å². The van der Waals surface area contributed by atoms with E-state index >= 15 is 0 Å². The molecule has 0 saturated carbocycles. The molecule has 0 saturated heterocycles. The van der Waals surface area contributed by atoms with Gasteiger partial charge in [0.2, 0.25) is 0 Å². The average Bonchev–Trinajstić information content (AvgIpc) is 2.77. The molecule has 3 aromatic rings. The first-order valence-corrected chi connectivity index (χ1v) is 9.41. The van der Waals surface area contributed by atoms with Crippen LogP contribution in [0.5, 0.6) is 5.75 Å². The second-order valence-electron chi connectivity index (χ2n) is 6.55. The molecule has 0 spiro atoms. The van der Waals surface area contributed by atoms with Crippen molar-refractivity contribution in [3.05, 3.63) is 64.4 Å². The van der Waals surface area contributed by atoms with E-state index in [-0.39, 0.29) is 25.1 Å². The summed E-state index contributed by atoms with van der Waals surface area (Å²) in [6, 6.07) is 14.1. The van der Waals surface area contributed by atoms with Crippen LogP contribution in [0, 0.1) is 0 Å². The molecule has 0 radical (unpaired) electrons. The number of esters is 1. The van der Waals surface area contributed by atoms with Crippen LogP contribution in [0.15, 0.2) is 53.3 Å². The SMILES string of the molecule is COc1ccccc1CNC(=O)[C@@H](C)OC(=O)CCn1nnc2ccccc2c1=O. The largest absolute Gasteiger partial charge is 0.496 e. The lowest BCUT2D eigenvalue weighted by molar-refractivity contribution is -0.155. The molecule has 0 aliphatic rings. The van der Waals surface area contributed by atoms with E-state index in [4.69, 9.17) is 9.47 Å². The first-order chi connectivity index (χ1) is 14.5. The molecule has 3 rings (SSSR count). The number of hydrogen-bond acceptors (Lipinski definition) is 7. The minimum atomic E-state index is -0.980. The molecule has 0 unspecified atom stereocenters. The monoisotopic (exact) mass is 410 g/mol. The zero-order valence-corrected chi connectivity index (χ0v) is 16.7. The maximum atomic E-state index is 12.4. The van der Waals surface area contributed by atoms with Gasteiger partial charge in [-0.2, -0.15) is 0 Å². The number of fused-ring (bicyclic) bond motifs is 1. The number of rotatable bonds is 8. The first-order valence-electron chi connectivity index (χ1n) is 9.41. The molecule has 156 valence electrons. The third kappa shape index (κ3) is 4.99. The van der Waals surface area contributed by atoms with Gasteiger partial charge in [0.05, 0.1) is 25.5 Å². The van der Waals surface area contributed by atoms with Gasteiger partial charge in [0, 0.05) is 12.1 Å². The van der Waals surface area contributed by atoms with Crippen molar-refractivity contribution in [3.63, 3.8) is 0 Å². The van der Waals surface area contributed by atoms with Crippen molar-refractivity contribution in [2.24, 2.45) is 0 Å². The Kier molecular flexibility index (Phi) is 6.74. The van der Waals surface area contributed by atoms with E-state index in [0.29, 0.717) is 16.7 Å². The van der Waals surface area contributed by atoms with Crippen LogP contribution in [0.3, 0.4) is 0 Å².